The molecule has 0 amide bonds. The lowest BCUT2D eigenvalue weighted by Gasteiger charge is -1.95. The van der Waals surface area contributed by atoms with Crippen LogP contribution >= 0.6 is 23.1 Å². The van der Waals surface area contributed by atoms with E-state index >= 15 is 0 Å². The minimum absolute atomic E-state index is 0.414. The van der Waals surface area contributed by atoms with Gasteiger partial charge in [0.25, 0.3) is 0 Å². The minimum Gasteiger partial charge on any atom is -0.374 e. The zero-order valence-corrected chi connectivity index (χ0v) is 8.01. The minimum atomic E-state index is 0.414. The number of pyridine rings is 1. The van der Waals surface area contributed by atoms with Crippen molar-refractivity contribution >= 4 is 28.3 Å². The number of nitrogens with zero attached hydrogens (tertiary/aromatic N) is 3. The van der Waals surface area contributed by atoms with E-state index in [1.807, 2.05) is 0 Å². The SMILES string of the molecule is Nc1nc(-c2ncccc2Cl)ns1. The van der Waals surface area contributed by atoms with Gasteiger partial charge in [0.05, 0.1) is 5.02 Å². The Morgan fingerprint density at radius 3 is 2.92 bits per heavy atom. The number of hydrogen-bond acceptors (Lipinski definition) is 5. The summed E-state index contributed by atoms with van der Waals surface area (Å²) in [4.78, 5) is 8.04. The van der Waals surface area contributed by atoms with Crippen molar-refractivity contribution in [1.82, 2.24) is 14.3 Å². The maximum Gasteiger partial charge on any atom is 0.200 e. The molecule has 2 rings (SSSR count). The molecule has 2 aromatic heterocycles. The number of aromatic nitrogens is 3. The lowest BCUT2D eigenvalue weighted by Crippen LogP contribution is -1.87. The van der Waals surface area contributed by atoms with Crippen molar-refractivity contribution in [1.29, 1.82) is 0 Å². The number of nitrogen functional groups attached to an aromatic ring is 1. The first-order chi connectivity index (χ1) is 6.27. The molecule has 2 N–H and O–H groups in total. The molecular weight excluding hydrogens is 208 g/mol. The van der Waals surface area contributed by atoms with Gasteiger partial charge in [-0.1, -0.05) is 11.6 Å². The standard InChI is InChI=1S/C7H5ClN4S/c8-4-2-1-3-10-5(4)6-11-7(9)13-12-6/h1-3H,(H2,9,11,12). The zero-order valence-electron chi connectivity index (χ0n) is 6.44. The molecule has 4 nitrogen and oxygen atoms in total. The summed E-state index contributed by atoms with van der Waals surface area (Å²) in [7, 11) is 0. The molecule has 0 unspecified atom stereocenters. The molecule has 0 aromatic carbocycles. The second-order valence-corrected chi connectivity index (χ2v) is 3.48. The van der Waals surface area contributed by atoms with Crippen LogP contribution in [0.2, 0.25) is 5.02 Å². The summed E-state index contributed by atoms with van der Waals surface area (Å²) >= 11 is 7.02. The highest BCUT2D eigenvalue weighted by Gasteiger charge is 2.08. The van der Waals surface area contributed by atoms with E-state index in [1.54, 1.807) is 18.3 Å². The predicted molar refractivity (Wildman–Crippen MR) is 52.6 cm³/mol. The Labute approximate surface area is 83.6 Å². The van der Waals surface area contributed by atoms with Crippen molar-refractivity contribution in [3.05, 3.63) is 23.4 Å². The van der Waals surface area contributed by atoms with Gasteiger partial charge in [0, 0.05) is 17.7 Å². The van der Waals surface area contributed by atoms with Crippen molar-refractivity contribution in [2.45, 2.75) is 0 Å². The van der Waals surface area contributed by atoms with Crippen molar-refractivity contribution in [3.8, 4) is 11.5 Å². The molecule has 0 saturated heterocycles. The van der Waals surface area contributed by atoms with Crippen molar-refractivity contribution in [2.24, 2.45) is 0 Å². The van der Waals surface area contributed by atoms with Crippen LogP contribution in [0.5, 0.6) is 0 Å². The first-order valence-corrected chi connectivity index (χ1v) is 4.62. The molecule has 0 fully saturated rings. The van der Waals surface area contributed by atoms with Crippen LogP contribution in [0.1, 0.15) is 0 Å². The third-order valence-electron chi connectivity index (χ3n) is 1.41. The summed E-state index contributed by atoms with van der Waals surface area (Å²) in [5, 5.41) is 0.942. The van der Waals surface area contributed by atoms with E-state index in [9.17, 15) is 0 Å². The maximum atomic E-state index is 5.89. The van der Waals surface area contributed by atoms with E-state index in [4.69, 9.17) is 17.3 Å². The number of rotatable bonds is 1. The molecule has 0 aliphatic rings. The maximum absolute atomic E-state index is 5.89. The number of nitrogens with two attached hydrogens (primary N) is 1. The monoisotopic (exact) mass is 212 g/mol. The summed E-state index contributed by atoms with van der Waals surface area (Å²) < 4.78 is 4.01. The highest BCUT2D eigenvalue weighted by atomic mass is 35.5. The molecule has 2 heterocycles. The van der Waals surface area contributed by atoms with Crippen LogP contribution in [-0.4, -0.2) is 14.3 Å². The molecule has 13 heavy (non-hydrogen) atoms. The van der Waals surface area contributed by atoms with Gasteiger partial charge in [0.2, 0.25) is 0 Å². The van der Waals surface area contributed by atoms with Crippen LogP contribution in [0.4, 0.5) is 5.13 Å². The van der Waals surface area contributed by atoms with Crippen LogP contribution in [0, 0.1) is 0 Å². The number of halogens is 1. The van der Waals surface area contributed by atoms with E-state index < -0.39 is 0 Å². The van der Waals surface area contributed by atoms with Gasteiger partial charge in [-0.25, -0.2) is 0 Å². The van der Waals surface area contributed by atoms with E-state index in [1.165, 1.54) is 0 Å². The van der Waals surface area contributed by atoms with Crippen molar-refractivity contribution in [3.63, 3.8) is 0 Å². The van der Waals surface area contributed by atoms with Crippen LogP contribution < -0.4 is 5.73 Å². The van der Waals surface area contributed by atoms with Crippen LogP contribution in [0.3, 0.4) is 0 Å². The Balaban J connectivity index is 2.52. The van der Waals surface area contributed by atoms with Gasteiger partial charge in [0.1, 0.15) is 5.69 Å². The van der Waals surface area contributed by atoms with Gasteiger partial charge in [-0.05, 0) is 12.1 Å². The fourth-order valence-corrected chi connectivity index (χ4v) is 1.52. The fraction of sp³-hybridized carbons (Fsp3) is 0. The lowest BCUT2D eigenvalue weighted by molar-refractivity contribution is 1.24. The molecule has 2 aromatic rings. The predicted octanol–water partition coefficient (Wildman–Crippen LogP) is 1.84. The summed E-state index contributed by atoms with van der Waals surface area (Å²) in [5.41, 5.74) is 6.01. The quantitative estimate of drug-likeness (QED) is 0.784. The summed E-state index contributed by atoms with van der Waals surface area (Å²) in [5.74, 6) is 0.480. The smallest absolute Gasteiger partial charge is 0.200 e. The van der Waals surface area contributed by atoms with Crippen LogP contribution in [0.15, 0.2) is 18.3 Å². The zero-order chi connectivity index (χ0) is 9.26. The van der Waals surface area contributed by atoms with Gasteiger partial charge in [-0.2, -0.15) is 9.36 Å². The van der Waals surface area contributed by atoms with Crippen LogP contribution in [-0.2, 0) is 0 Å². The normalized spacial score (nSPS) is 10.2. The summed E-state index contributed by atoms with van der Waals surface area (Å²) in [6.07, 6.45) is 1.64. The molecule has 0 radical (unpaired) electrons. The molecule has 6 heteroatoms. The largest absolute Gasteiger partial charge is 0.374 e. The highest BCUT2D eigenvalue weighted by molar-refractivity contribution is 7.09. The highest BCUT2D eigenvalue weighted by Crippen LogP contribution is 2.23. The third-order valence-corrected chi connectivity index (χ3v) is 2.26. The first-order valence-electron chi connectivity index (χ1n) is 3.47. The second kappa shape index (κ2) is 3.27. The Morgan fingerprint density at radius 1 is 1.46 bits per heavy atom. The Bertz CT molecular complexity index is 428. The van der Waals surface area contributed by atoms with Crippen molar-refractivity contribution < 1.29 is 0 Å². The van der Waals surface area contributed by atoms with Crippen molar-refractivity contribution in [2.75, 3.05) is 5.73 Å². The average Bonchev–Trinajstić information content (AvgIpc) is 2.53. The van der Waals surface area contributed by atoms with E-state index in [0.29, 0.717) is 21.7 Å². The van der Waals surface area contributed by atoms with Gasteiger partial charge < -0.3 is 5.73 Å². The molecule has 0 aliphatic carbocycles. The Hall–Kier alpha value is -1.20. The van der Waals surface area contributed by atoms with Gasteiger partial charge in [-0.15, -0.1) is 0 Å². The topological polar surface area (TPSA) is 64.7 Å². The van der Waals surface area contributed by atoms with E-state index in [0.717, 1.165) is 11.5 Å². The fourth-order valence-electron chi connectivity index (χ4n) is 0.882. The Kier molecular flexibility index (Phi) is 2.12. The lowest BCUT2D eigenvalue weighted by atomic mass is 10.3. The average molecular weight is 213 g/mol. The molecular formula is C7H5ClN4S. The van der Waals surface area contributed by atoms with E-state index in [-0.39, 0.29) is 0 Å². The summed E-state index contributed by atoms with van der Waals surface area (Å²) in [6, 6.07) is 3.49. The number of anilines is 1. The van der Waals surface area contributed by atoms with Gasteiger partial charge in [0.15, 0.2) is 11.0 Å². The van der Waals surface area contributed by atoms with Crippen LogP contribution in [0.25, 0.3) is 11.5 Å². The first kappa shape index (κ1) is 8.40. The summed E-state index contributed by atoms with van der Waals surface area (Å²) in [6.45, 7) is 0. The van der Waals surface area contributed by atoms with E-state index in [2.05, 4.69) is 14.3 Å². The molecule has 0 saturated carbocycles. The second-order valence-electron chi connectivity index (χ2n) is 2.29. The third kappa shape index (κ3) is 1.61. The molecule has 0 aliphatic heterocycles. The Morgan fingerprint density at radius 2 is 2.31 bits per heavy atom. The van der Waals surface area contributed by atoms with Gasteiger partial charge in [-0.3, -0.25) is 4.98 Å². The molecule has 0 bridgehead atoms. The van der Waals surface area contributed by atoms with Gasteiger partial charge >= 0.3 is 0 Å². The molecule has 66 valence electrons. The number of hydrogen-bond donors (Lipinski definition) is 1. The molecule has 0 spiro atoms. The molecule has 0 atom stereocenters.